The highest BCUT2D eigenvalue weighted by Gasteiger charge is 2.35. The molecule has 0 unspecified atom stereocenters. The Morgan fingerprint density at radius 1 is 1.08 bits per heavy atom. The summed E-state index contributed by atoms with van der Waals surface area (Å²) in [5, 5.41) is 1.78. The Balaban J connectivity index is 1.76. The number of rotatable bonds is 5. The van der Waals surface area contributed by atoms with Gasteiger partial charge in [-0.3, -0.25) is 5.43 Å². The highest BCUT2D eigenvalue weighted by atomic mass is 32.2. The van der Waals surface area contributed by atoms with Crippen molar-refractivity contribution in [2.24, 2.45) is 0 Å². The van der Waals surface area contributed by atoms with Crippen molar-refractivity contribution in [1.29, 1.82) is 0 Å². The van der Waals surface area contributed by atoms with Gasteiger partial charge in [0.25, 0.3) is 0 Å². The molecule has 2 fully saturated rings. The Morgan fingerprint density at radius 2 is 1.79 bits per heavy atom. The van der Waals surface area contributed by atoms with Gasteiger partial charge in [0.2, 0.25) is 0 Å². The van der Waals surface area contributed by atoms with Gasteiger partial charge in [-0.15, -0.1) is 0 Å². The summed E-state index contributed by atoms with van der Waals surface area (Å²) in [6.07, 6.45) is 0.992. The molecule has 2 saturated heterocycles. The van der Waals surface area contributed by atoms with Crippen LogP contribution in [0.2, 0.25) is 0 Å². The fraction of sp³-hybridized carbons (Fsp3) is 0.600. The average molecular weight is 376 g/mol. The third kappa shape index (κ3) is 4.53. The Bertz CT molecular complexity index is 811. The zero-order chi connectivity index (χ0) is 17.4. The molecule has 0 saturated carbocycles. The molecule has 0 aliphatic carbocycles. The van der Waals surface area contributed by atoms with Crippen LogP contribution >= 0.6 is 0 Å². The lowest BCUT2D eigenvalue weighted by atomic mass is 10.1. The first kappa shape index (κ1) is 17.8. The molecule has 3 rings (SSSR count). The van der Waals surface area contributed by atoms with Crippen LogP contribution in [-0.4, -0.2) is 56.9 Å². The van der Waals surface area contributed by atoms with Crippen molar-refractivity contribution >= 4 is 19.7 Å². The fourth-order valence-electron chi connectivity index (χ4n) is 3.26. The smallest absolute Gasteiger partial charge is 0.151 e. The van der Waals surface area contributed by atoms with Gasteiger partial charge in [-0.05, 0) is 30.5 Å². The van der Waals surface area contributed by atoms with E-state index in [9.17, 15) is 21.2 Å². The van der Waals surface area contributed by atoms with E-state index in [1.54, 1.807) is 17.1 Å². The molecule has 6 nitrogen and oxygen atoms in total. The molecule has 0 radical (unpaired) electrons. The van der Waals surface area contributed by atoms with Crippen LogP contribution in [0.4, 0.5) is 4.39 Å². The van der Waals surface area contributed by atoms with Gasteiger partial charge in [0.05, 0.1) is 23.0 Å². The minimum absolute atomic E-state index is 0.0365. The van der Waals surface area contributed by atoms with Gasteiger partial charge >= 0.3 is 0 Å². The first-order valence-corrected chi connectivity index (χ1v) is 11.5. The normalized spacial score (nSPS) is 28.4. The molecule has 2 atom stereocenters. The summed E-state index contributed by atoms with van der Waals surface area (Å²) < 4.78 is 60.3. The second-order valence-corrected chi connectivity index (χ2v) is 11.0. The third-order valence-corrected chi connectivity index (χ3v) is 7.99. The van der Waals surface area contributed by atoms with Crippen LogP contribution in [-0.2, 0) is 26.2 Å². The molecular weight excluding hydrogens is 355 g/mol. The summed E-state index contributed by atoms with van der Waals surface area (Å²) in [7, 11) is -6.11. The Labute approximate surface area is 141 Å². The number of nitrogens with zero attached hydrogens (tertiary/aromatic N) is 1. The Kier molecular flexibility index (Phi) is 4.96. The quantitative estimate of drug-likeness (QED) is 0.754. The zero-order valence-electron chi connectivity index (χ0n) is 13.2. The molecule has 134 valence electrons. The van der Waals surface area contributed by atoms with Crippen molar-refractivity contribution < 1.29 is 21.2 Å². The highest BCUT2D eigenvalue weighted by Crippen LogP contribution is 2.21. The van der Waals surface area contributed by atoms with Crippen LogP contribution in [0.15, 0.2) is 24.3 Å². The van der Waals surface area contributed by atoms with E-state index in [4.69, 9.17) is 0 Å². The van der Waals surface area contributed by atoms with Crippen LogP contribution in [0.25, 0.3) is 0 Å². The number of halogens is 1. The van der Waals surface area contributed by atoms with E-state index >= 15 is 0 Å². The predicted molar refractivity (Wildman–Crippen MR) is 89.2 cm³/mol. The number of hydrazine groups is 1. The largest absolute Gasteiger partial charge is 0.250 e. The zero-order valence-corrected chi connectivity index (χ0v) is 14.8. The van der Waals surface area contributed by atoms with Gasteiger partial charge in [0, 0.05) is 18.6 Å². The topological polar surface area (TPSA) is 83.6 Å². The molecule has 2 aliphatic rings. The number of hydrogen-bond donors (Lipinski definition) is 1. The van der Waals surface area contributed by atoms with Crippen LogP contribution < -0.4 is 5.43 Å². The molecule has 0 amide bonds. The van der Waals surface area contributed by atoms with E-state index < -0.39 is 19.7 Å². The molecule has 24 heavy (non-hydrogen) atoms. The van der Waals surface area contributed by atoms with Crippen molar-refractivity contribution in [2.75, 3.05) is 23.0 Å². The first-order chi connectivity index (χ1) is 11.2. The molecule has 2 aliphatic heterocycles. The molecular formula is C15H21FN2O4S2. The van der Waals surface area contributed by atoms with Gasteiger partial charge in [-0.25, -0.2) is 26.2 Å². The summed E-state index contributed by atoms with van der Waals surface area (Å²) in [6, 6.07) is 5.67. The molecule has 0 spiro atoms. The van der Waals surface area contributed by atoms with Gasteiger partial charge in [0.1, 0.15) is 5.82 Å². The first-order valence-electron chi connectivity index (χ1n) is 7.90. The van der Waals surface area contributed by atoms with Crippen molar-refractivity contribution in [3.05, 3.63) is 35.6 Å². The number of hydrogen-bond acceptors (Lipinski definition) is 6. The van der Waals surface area contributed by atoms with Crippen LogP contribution in [0.5, 0.6) is 0 Å². The third-order valence-electron chi connectivity index (χ3n) is 4.47. The number of sulfone groups is 2. The van der Waals surface area contributed by atoms with Crippen molar-refractivity contribution in [2.45, 2.75) is 31.5 Å². The lowest BCUT2D eigenvalue weighted by Gasteiger charge is -2.31. The summed E-state index contributed by atoms with van der Waals surface area (Å²) in [6.45, 7) is 0.328. The van der Waals surface area contributed by atoms with E-state index in [0.717, 1.165) is 0 Å². The van der Waals surface area contributed by atoms with Gasteiger partial charge in [-0.2, -0.15) is 0 Å². The summed E-state index contributed by atoms with van der Waals surface area (Å²) in [5.41, 5.74) is 3.90. The van der Waals surface area contributed by atoms with E-state index in [-0.39, 0.29) is 40.9 Å². The lowest BCUT2D eigenvalue weighted by Crippen LogP contribution is -2.50. The molecule has 2 heterocycles. The fourth-order valence-corrected chi connectivity index (χ4v) is 6.66. The monoisotopic (exact) mass is 376 g/mol. The van der Waals surface area contributed by atoms with Crippen molar-refractivity contribution in [1.82, 2.24) is 10.4 Å². The minimum Gasteiger partial charge on any atom is -0.250 e. The molecule has 9 heteroatoms. The van der Waals surface area contributed by atoms with E-state index in [2.05, 4.69) is 5.43 Å². The summed E-state index contributed by atoms with van der Waals surface area (Å²) >= 11 is 0. The van der Waals surface area contributed by atoms with Crippen LogP contribution in [0, 0.1) is 5.82 Å². The van der Waals surface area contributed by atoms with Gasteiger partial charge in [-0.1, -0.05) is 12.1 Å². The molecule has 0 bridgehead atoms. The SMILES string of the molecule is O=S1(=O)CC[C@H](NN(Cc2cccc(F)c2)[C@@H]2CCS(=O)(=O)C2)C1. The molecule has 1 N–H and O–H groups in total. The highest BCUT2D eigenvalue weighted by molar-refractivity contribution is 7.91. The second kappa shape index (κ2) is 6.70. The van der Waals surface area contributed by atoms with E-state index in [1.165, 1.54) is 12.1 Å². The number of nitrogens with one attached hydrogen (secondary N) is 1. The predicted octanol–water partition coefficient (Wildman–Crippen LogP) is 0.507. The van der Waals surface area contributed by atoms with E-state index in [1.807, 2.05) is 0 Å². The van der Waals surface area contributed by atoms with Crippen LogP contribution in [0.3, 0.4) is 0 Å². The maximum Gasteiger partial charge on any atom is 0.151 e. The standard InChI is InChI=1S/C15H21FN2O4S2/c16-13-3-1-2-12(8-13)9-18(15-5-7-24(21,22)11-15)17-14-4-6-23(19,20)10-14/h1-3,8,14-15,17H,4-7,9-11H2/t14-,15+/m0/s1. The average Bonchev–Trinajstić information content (AvgIpc) is 3.00. The maximum absolute atomic E-state index is 13.4. The maximum atomic E-state index is 13.4. The van der Waals surface area contributed by atoms with Crippen molar-refractivity contribution in [3.63, 3.8) is 0 Å². The van der Waals surface area contributed by atoms with Gasteiger partial charge in [0.15, 0.2) is 19.7 Å². The Morgan fingerprint density at radius 3 is 2.38 bits per heavy atom. The molecule has 1 aromatic carbocycles. The molecule has 1 aromatic rings. The lowest BCUT2D eigenvalue weighted by molar-refractivity contribution is 0.107. The van der Waals surface area contributed by atoms with Crippen LogP contribution in [0.1, 0.15) is 18.4 Å². The van der Waals surface area contributed by atoms with Crippen molar-refractivity contribution in [3.8, 4) is 0 Å². The minimum atomic E-state index is -3.07. The summed E-state index contributed by atoms with van der Waals surface area (Å²) in [4.78, 5) is 0. The van der Waals surface area contributed by atoms with Gasteiger partial charge < -0.3 is 0 Å². The second-order valence-electron chi connectivity index (χ2n) is 6.54. The summed E-state index contributed by atoms with van der Waals surface area (Å²) in [5.74, 6) is -0.000415. The van der Waals surface area contributed by atoms with E-state index in [0.29, 0.717) is 24.9 Å². The number of benzene rings is 1. The molecule has 0 aromatic heterocycles. The Hall–Kier alpha value is -1.03.